The lowest BCUT2D eigenvalue weighted by Crippen LogP contribution is -2.14. The standard InChI is InChI=1S/C25H24ClN3O/c1-14-10-11-17(24(30)27-14)19-12-16(25(3,4)5)13-21-23(19)28-15(2)22(29-21)18-8-6-7-9-20(18)26/h6-13H,1-5H3,(H,27,30). The van der Waals surface area contributed by atoms with Gasteiger partial charge in [0.05, 0.1) is 27.4 Å². The predicted molar refractivity (Wildman–Crippen MR) is 124 cm³/mol. The van der Waals surface area contributed by atoms with Crippen molar-refractivity contribution in [1.82, 2.24) is 15.0 Å². The molecule has 4 aromatic rings. The highest BCUT2D eigenvalue weighted by atomic mass is 35.5. The minimum absolute atomic E-state index is 0.114. The Morgan fingerprint density at radius 3 is 2.30 bits per heavy atom. The molecule has 0 aliphatic carbocycles. The van der Waals surface area contributed by atoms with Gasteiger partial charge in [-0.15, -0.1) is 0 Å². The number of hydrogen-bond donors (Lipinski definition) is 1. The number of fused-ring (bicyclic) bond motifs is 1. The van der Waals surface area contributed by atoms with Crippen molar-refractivity contribution in [3.8, 4) is 22.4 Å². The molecule has 0 aliphatic heterocycles. The first-order chi connectivity index (χ1) is 14.1. The van der Waals surface area contributed by atoms with Gasteiger partial charge < -0.3 is 4.98 Å². The zero-order valence-electron chi connectivity index (χ0n) is 17.8. The van der Waals surface area contributed by atoms with E-state index in [-0.39, 0.29) is 11.0 Å². The molecule has 4 rings (SSSR count). The van der Waals surface area contributed by atoms with Crippen LogP contribution in [0.25, 0.3) is 33.4 Å². The van der Waals surface area contributed by atoms with Crippen molar-refractivity contribution in [1.29, 1.82) is 0 Å². The molecule has 152 valence electrons. The number of aromatic amines is 1. The number of nitrogens with one attached hydrogen (secondary N) is 1. The fourth-order valence-corrected chi connectivity index (χ4v) is 3.80. The molecular weight excluding hydrogens is 394 g/mol. The van der Waals surface area contributed by atoms with Crippen molar-refractivity contribution in [3.05, 3.63) is 80.9 Å². The van der Waals surface area contributed by atoms with Crippen LogP contribution in [-0.4, -0.2) is 15.0 Å². The topological polar surface area (TPSA) is 58.6 Å². The molecule has 0 amide bonds. The molecule has 0 saturated carbocycles. The van der Waals surface area contributed by atoms with Crippen molar-refractivity contribution < 1.29 is 0 Å². The highest BCUT2D eigenvalue weighted by molar-refractivity contribution is 6.33. The third-order valence-electron chi connectivity index (χ3n) is 5.28. The van der Waals surface area contributed by atoms with Crippen LogP contribution in [0.1, 0.15) is 37.7 Å². The first kappa shape index (κ1) is 20.3. The van der Waals surface area contributed by atoms with Crippen molar-refractivity contribution in [2.75, 3.05) is 0 Å². The molecular formula is C25H24ClN3O. The fraction of sp³-hybridized carbons (Fsp3) is 0.240. The van der Waals surface area contributed by atoms with Crippen LogP contribution in [0.2, 0.25) is 5.02 Å². The van der Waals surface area contributed by atoms with Crippen LogP contribution >= 0.6 is 11.6 Å². The number of rotatable bonds is 2. The Hall–Kier alpha value is -2.98. The Bertz CT molecular complexity index is 1330. The molecule has 0 radical (unpaired) electrons. The van der Waals surface area contributed by atoms with E-state index in [1.807, 2.05) is 50.2 Å². The SMILES string of the molecule is Cc1ccc(-c2cc(C(C)(C)C)cc3nc(-c4ccccc4Cl)c(C)nc23)c(=O)[nH]1. The summed E-state index contributed by atoms with van der Waals surface area (Å²) in [5, 5.41) is 0.636. The summed E-state index contributed by atoms with van der Waals surface area (Å²) in [6, 6.07) is 15.5. The second-order valence-electron chi connectivity index (χ2n) is 8.66. The predicted octanol–water partition coefficient (Wildman–Crippen LogP) is 6.22. The van der Waals surface area contributed by atoms with Crippen LogP contribution in [0.3, 0.4) is 0 Å². The van der Waals surface area contributed by atoms with Crippen LogP contribution in [0.15, 0.2) is 53.3 Å². The minimum atomic E-state index is -0.128. The molecule has 4 nitrogen and oxygen atoms in total. The number of aryl methyl sites for hydroxylation is 2. The van der Waals surface area contributed by atoms with E-state index in [2.05, 4.69) is 37.9 Å². The molecule has 30 heavy (non-hydrogen) atoms. The number of hydrogen-bond acceptors (Lipinski definition) is 3. The van der Waals surface area contributed by atoms with E-state index in [0.29, 0.717) is 16.1 Å². The van der Waals surface area contributed by atoms with Gasteiger partial charge in [-0.1, -0.05) is 50.6 Å². The maximum Gasteiger partial charge on any atom is 0.256 e. The Labute approximate surface area is 181 Å². The van der Waals surface area contributed by atoms with Crippen molar-refractivity contribution in [2.45, 2.75) is 40.0 Å². The van der Waals surface area contributed by atoms with E-state index in [9.17, 15) is 4.79 Å². The third kappa shape index (κ3) is 3.63. The average Bonchev–Trinajstić information content (AvgIpc) is 2.67. The van der Waals surface area contributed by atoms with Crippen LogP contribution in [-0.2, 0) is 5.41 Å². The molecule has 2 heterocycles. The minimum Gasteiger partial charge on any atom is -0.326 e. The van der Waals surface area contributed by atoms with Gasteiger partial charge in [-0.3, -0.25) is 4.79 Å². The Morgan fingerprint density at radius 2 is 1.63 bits per heavy atom. The number of pyridine rings is 1. The molecule has 5 heteroatoms. The number of aromatic nitrogens is 3. The Kier molecular flexibility index (Phi) is 4.99. The second kappa shape index (κ2) is 7.37. The maximum absolute atomic E-state index is 12.7. The fourth-order valence-electron chi connectivity index (χ4n) is 3.57. The largest absolute Gasteiger partial charge is 0.326 e. The second-order valence-corrected chi connectivity index (χ2v) is 9.07. The number of H-pyrrole nitrogens is 1. The molecule has 2 aromatic carbocycles. The average molecular weight is 418 g/mol. The smallest absolute Gasteiger partial charge is 0.256 e. The van der Waals surface area contributed by atoms with E-state index in [0.717, 1.165) is 39.3 Å². The van der Waals surface area contributed by atoms with Gasteiger partial charge in [0.2, 0.25) is 0 Å². The lowest BCUT2D eigenvalue weighted by Gasteiger charge is -2.21. The van der Waals surface area contributed by atoms with Gasteiger partial charge in [0.1, 0.15) is 0 Å². The summed E-state index contributed by atoms with van der Waals surface area (Å²) < 4.78 is 0. The van der Waals surface area contributed by atoms with Crippen LogP contribution in [0, 0.1) is 13.8 Å². The van der Waals surface area contributed by atoms with Gasteiger partial charge in [-0.05, 0) is 55.2 Å². The van der Waals surface area contributed by atoms with Crippen LogP contribution in [0.5, 0.6) is 0 Å². The van der Waals surface area contributed by atoms with Gasteiger partial charge in [0.25, 0.3) is 5.56 Å². The number of nitrogens with zero attached hydrogens (tertiary/aromatic N) is 2. The summed E-state index contributed by atoms with van der Waals surface area (Å²) >= 11 is 6.44. The summed E-state index contributed by atoms with van der Waals surface area (Å²) in [5.41, 5.74) is 6.89. The Morgan fingerprint density at radius 1 is 0.900 bits per heavy atom. The number of halogens is 1. The van der Waals surface area contributed by atoms with E-state index in [1.165, 1.54) is 0 Å². The van der Waals surface area contributed by atoms with Crippen LogP contribution in [0.4, 0.5) is 0 Å². The first-order valence-electron chi connectivity index (χ1n) is 9.93. The zero-order chi connectivity index (χ0) is 21.6. The normalized spacial score (nSPS) is 11.8. The molecule has 0 atom stereocenters. The summed E-state index contributed by atoms with van der Waals surface area (Å²) in [6.45, 7) is 10.2. The molecule has 0 unspecified atom stereocenters. The summed E-state index contributed by atoms with van der Waals surface area (Å²) in [4.78, 5) is 25.5. The molecule has 0 bridgehead atoms. The lowest BCUT2D eigenvalue weighted by molar-refractivity contribution is 0.591. The zero-order valence-corrected chi connectivity index (χ0v) is 18.6. The molecule has 1 N–H and O–H groups in total. The van der Waals surface area contributed by atoms with E-state index < -0.39 is 0 Å². The highest BCUT2D eigenvalue weighted by Crippen LogP contribution is 2.35. The van der Waals surface area contributed by atoms with Crippen molar-refractivity contribution >= 4 is 22.6 Å². The Balaban J connectivity index is 2.08. The van der Waals surface area contributed by atoms with E-state index in [4.69, 9.17) is 21.6 Å². The van der Waals surface area contributed by atoms with E-state index in [1.54, 1.807) is 0 Å². The molecule has 0 spiro atoms. The summed E-state index contributed by atoms with van der Waals surface area (Å²) in [6.07, 6.45) is 0. The maximum atomic E-state index is 12.7. The third-order valence-corrected chi connectivity index (χ3v) is 5.61. The van der Waals surface area contributed by atoms with Crippen molar-refractivity contribution in [2.24, 2.45) is 0 Å². The quantitative estimate of drug-likeness (QED) is 0.421. The van der Waals surface area contributed by atoms with Gasteiger partial charge in [-0.2, -0.15) is 0 Å². The lowest BCUT2D eigenvalue weighted by atomic mass is 9.84. The molecule has 0 fully saturated rings. The van der Waals surface area contributed by atoms with Gasteiger partial charge in [0.15, 0.2) is 0 Å². The van der Waals surface area contributed by atoms with Crippen LogP contribution < -0.4 is 5.56 Å². The van der Waals surface area contributed by atoms with Crippen molar-refractivity contribution in [3.63, 3.8) is 0 Å². The molecule has 0 saturated heterocycles. The monoisotopic (exact) mass is 417 g/mol. The summed E-state index contributed by atoms with van der Waals surface area (Å²) in [7, 11) is 0. The molecule has 2 aromatic heterocycles. The van der Waals surface area contributed by atoms with E-state index >= 15 is 0 Å². The van der Waals surface area contributed by atoms with Gasteiger partial charge >= 0.3 is 0 Å². The summed E-state index contributed by atoms with van der Waals surface area (Å²) in [5.74, 6) is 0. The number of benzene rings is 2. The first-order valence-corrected chi connectivity index (χ1v) is 10.3. The highest BCUT2D eigenvalue weighted by Gasteiger charge is 2.21. The molecule has 0 aliphatic rings. The van der Waals surface area contributed by atoms with Gasteiger partial charge in [0, 0.05) is 22.4 Å². The van der Waals surface area contributed by atoms with Gasteiger partial charge in [-0.25, -0.2) is 9.97 Å².